The molecule has 118 valence electrons. The monoisotopic (exact) mass is 397 g/mol. The van der Waals surface area contributed by atoms with Crippen molar-refractivity contribution in [2.45, 2.75) is 51.3 Å². The van der Waals surface area contributed by atoms with Gasteiger partial charge in [0.05, 0.1) is 0 Å². The van der Waals surface area contributed by atoms with Crippen molar-refractivity contribution in [3.63, 3.8) is 0 Å². The molecule has 1 fully saturated rings. The lowest BCUT2D eigenvalue weighted by Gasteiger charge is -2.43. The highest BCUT2D eigenvalue weighted by molar-refractivity contribution is 14.1. The molecule has 0 unspecified atom stereocenters. The SMILES string of the molecule is CNCCN(CCI)C1CC(NC(=O)OC(C)(C)C)C1. The number of likely N-dealkylation sites (N-methyl/N-ethyl adjacent to an activating group) is 1. The molecule has 1 amide bonds. The number of ether oxygens (including phenoxy) is 1. The summed E-state index contributed by atoms with van der Waals surface area (Å²) in [7, 11) is 1.98. The Morgan fingerprint density at radius 1 is 1.35 bits per heavy atom. The first-order valence-electron chi connectivity index (χ1n) is 7.30. The Hall–Kier alpha value is -0.0800. The molecule has 1 rings (SSSR count). The number of nitrogens with one attached hydrogen (secondary N) is 2. The first-order valence-corrected chi connectivity index (χ1v) is 8.82. The third-order valence-electron chi connectivity index (χ3n) is 3.37. The lowest BCUT2D eigenvalue weighted by atomic mass is 9.85. The van der Waals surface area contributed by atoms with E-state index >= 15 is 0 Å². The molecule has 0 aromatic carbocycles. The maximum atomic E-state index is 11.7. The van der Waals surface area contributed by atoms with Crippen LogP contribution in [0, 0.1) is 0 Å². The van der Waals surface area contributed by atoms with E-state index in [9.17, 15) is 4.79 Å². The van der Waals surface area contributed by atoms with E-state index in [-0.39, 0.29) is 12.1 Å². The maximum absolute atomic E-state index is 11.7. The zero-order valence-electron chi connectivity index (χ0n) is 13.0. The van der Waals surface area contributed by atoms with Gasteiger partial charge in [0, 0.05) is 36.1 Å². The van der Waals surface area contributed by atoms with Crippen molar-refractivity contribution in [1.82, 2.24) is 15.5 Å². The van der Waals surface area contributed by atoms with Crippen LogP contribution in [-0.2, 0) is 4.74 Å². The molecule has 0 atom stereocenters. The predicted octanol–water partition coefficient (Wildman–Crippen LogP) is 2.00. The molecule has 0 spiro atoms. The van der Waals surface area contributed by atoms with Gasteiger partial charge in [-0.15, -0.1) is 0 Å². The van der Waals surface area contributed by atoms with Gasteiger partial charge in [-0.05, 0) is 40.7 Å². The molecule has 0 saturated heterocycles. The molecule has 2 N–H and O–H groups in total. The van der Waals surface area contributed by atoms with Crippen LogP contribution in [0.5, 0.6) is 0 Å². The van der Waals surface area contributed by atoms with Crippen molar-refractivity contribution in [1.29, 1.82) is 0 Å². The van der Waals surface area contributed by atoms with Crippen LogP contribution in [0.25, 0.3) is 0 Å². The van der Waals surface area contributed by atoms with E-state index in [1.54, 1.807) is 0 Å². The third kappa shape index (κ3) is 6.58. The highest BCUT2D eigenvalue weighted by atomic mass is 127. The largest absolute Gasteiger partial charge is 0.444 e. The van der Waals surface area contributed by atoms with Gasteiger partial charge in [-0.3, -0.25) is 4.90 Å². The average Bonchev–Trinajstić information content (AvgIpc) is 2.27. The van der Waals surface area contributed by atoms with Gasteiger partial charge in [0.25, 0.3) is 0 Å². The molecule has 5 nitrogen and oxygen atoms in total. The zero-order valence-corrected chi connectivity index (χ0v) is 15.2. The molecule has 0 radical (unpaired) electrons. The normalized spacial score (nSPS) is 22.5. The fraction of sp³-hybridized carbons (Fsp3) is 0.929. The predicted molar refractivity (Wildman–Crippen MR) is 90.6 cm³/mol. The van der Waals surface area contributed by atoms with E-state index in [1.165, 1.54) is 0 Å². The number of amides is 1. The molecular weight excluding hydrogens is 369 g/mol. The smallest absolute Gasteiger partial charge is 0.407 e. The fourth-order valence-electron chi connectivity index (χ4n) is 2.32. The van der Waals surface area contributed by atoms with Crippen LogP contribution >= 0.6 is 22.6 Å². The van der Waals surface area contributed by atoms with Crippen LogP contribution in [0.4, 0.5) is 4.79 Å². The molecular formula is C14H28IN3O2. The first kappa shape index (κ1) is 18.0. The minimum atomic E-state index is -0.423. The van der Waals surface area contributed by atoms with Crippen LogP contribution in [0.2, 0.25) is 0 Å². The second-order valence-corrected chi connectivity index (χ2v) is 7.38. The van der Waals surface area contributed by atoms with E-state index < -0.39 is 5.60 Å². The van der Waals surface area contributed by atoms with Gasteiger partial charge in [0.1, 0.15) is 5.60 Å². The molecule has 0 aromatic rings. The molecule has 1 aliphatic rings. The number of alkyl carbamates (subject to hydrolysis) is 1. The summed E-state index contributed by atoms with van der Waals surface area (Å²) in [5.74, 6) is 0. The lowest BCUT2D eigenvalue weighted by molar-refractivity contribution is 0.0400. The Morgan fingerprint density at radius 3 is 2.50 bits per heavy atom. The maximum Gasteiger partial charge on any atom is 0.407 e. The number of halogens is 1. The summed E-state index contributed by atoms with van der Waals surface area (Å²) in [4.78, 5) is 14.2. The van der Waals surface area contributed by atoms with Crippen molar-refractivity contribution in [3.8, 4) is 0 Å². The highest BCUT2D eigenvalue weighted by Crippen LogP contribution is 2.26. The number of carbonyl (C=O) groups is 1. The van der Waals surface area contributed by atoms with Crippen molar-refractivity contribution < 1.29 is 9.53 Å². The number of carbonyl (C=O) groups excluding carboxylic acids is 1. The number of nitrogens with zero attached hydrogens (tertiary/aromatic N) is 1. The molecule has 6 heteroatoms. The van der Waals surface area contributed by atoms with Gasteiger partial charge in [0.15, 0.2) is 0 Å². The summed E-state index contributed by atoms with van der Waals surface area (Å²) in [5.41, 5.74) is -0.423. The van der Waals surface area contributed by atoms with Crippen LogP contribution < -0.4 is 10.6 Å². The molecule has 0 bridgehead atoms. The third-order valence-corrected chi connectivity index (χ3v) is 3.85. The Labute approximate surface area is 136 Å². The zero-order chi connectivity index (χ0) is 15.2. The standard InChI is InChI=1S/C14H28IN3O2/c1-14(2,3)20-13(19)17-11-9-12(10-11)18(7-5-15)8-6-16-4/h11-12,16H,5-10H2,1-4H3,(H,17,19). The molecule has 20 heavy (non-hydrogen) atoms. The van der Waals surface area contributed by atoms with Gasteiger partial charge < -0.3 is 15.4 Å². The van der Waals surface area contributed by atoms with Crippen molar-refractivity contribution >= 4 is 28.7 Å². The second kappa shape index (κ2) is 8.38. The van der Waals surface area contributed by atoms with Crippen LogP contribution in [0.3, 0.4) is 0 Å². The fourth-order valence-corrected chi connectivity index (χ4v) is 2.94. The van der Waals surface area contributed by atoms with Crippen molar-refractivity contribution in [3.05, 3.63) is 0 Å². The summed E-state index contributed by atoms with van der Waals surface area (Å²) in [6.07, 6.45) is 1.76. The molecule has 1 saturated carbocycles. The van der Waals surface area contributed by atoms with E-state index in [2.05, 4.69) is 38.1 Å². The number of hydrogen-bond acceptors (Lipinski definition) is 4. The van der Waals surface area contributed by atoms with Crippen LogP contribution in [-0.4, -0.2) is 59.8 Å². The van der Waals surface area contributed by atoms with Crippen LogP contribution in [0.1, 0.15) is 33.6 Å². The minimum Gasteiger partial charge on any atom is -0.444 e. The van der Waals surface area contributed by atoms with Gasteiger partial charge in [-0.25, -0.2) is 4.79 Å². The van der Waals surface area contributed by atoms with E-state index in [4.69, 9.17) is 4.74 Å². The molecule has 1 aliphatic carbocycles. The summed E-state index contributed by atoms with van der Waals surface area (Å²) >= 11 is 2.42. The Kier molecular flexibility index (Phi) is 7.53. The number of rotatable bonds is 7. The molecule has 0 aromatic heterocycles. The number of alkyl halides is 1. The Balaban J connectivity index is 2.27. The van der Waals surface area contributed by atoms with Gasteiger partial charge >= 0.3 is 6.09 Å². The quantitative estimate of drug-likeness (QED) is 0.510. The summed E-state index contributed by atoms with van der Waals surface area (Å²) in [6, 6.07) is 0.860. The average molecular weight is 397 g/mol. The topological polar surface area (TPSA) is 53.6 Å². The molecule has 0 aliphatic heterocycles. The van der Waals surface area contributed by atoms with Crippen LogP contribution in [0.15, 0.2) is 0 Å². The summed E-state index contributed by atoms with van der Waals surface area (Å²) in [6.45, 7) is 8.86. The van der Waals surface area contributed by atoms with Gasteiger partial charge in [0.2, 0.25) is 0 Å². The number of hydrogen-bond donors (Lipinski definition) is 2. The highest BCUT2D eigenvalue weighted by Gasteiger charge is 2.34. The van der Waals surface area contributed by atoms with E-state index in [0.29, 0.717) is 6.04 Å². The van der Waals surface area contributed by atoms with E-state index in [1.807, 2.05) is 27.8 Å². The molecule has 0 heterocycles. The summed E-state index contributed by atoms with van der Waals surface area (Å²) < 4.78 is 6.42. The second-order valence-electron chi connectivity index (χ2n) is 6.30. The Morgan fingerprint density at radius 2 is 2.00 bits per heavy atom. The minimum absolute atomic E-state index is 0.265. The van der Waals surface area contributed by atoms with Gasteiger partial charge in [-0.1, -0.05) is 22.6 Å². The van der Waals surface area contributed by atoms with Gasteiger partial charge in [-0.2, -0.15) is 0 Å². The van der Waals surface area contributed by atoms with Crippen molar-refractivity contribution in [2.24, 2.45) is 0 Å². The summed E-state index contributed by atoms with van der Waals surface area (Å²) in [5, 5.41) is 6.15. The Bertz CT molecular complexity index is 301. The van der Waals surface area contributed by atoms with Crippen molar-refractivity contribution in [2.75, 3.05) is 31.1 Å². The first-order chi connectivity index (χ1) is 9.35. The lowest BCUT2D eigenvalue weighted by Crippen LogP contribution is -2.55. The van der Waals surface area contributed by atoms with E-state index in [0.717, 1.165) is 36.9 Å².